The third kappa shape index (κ3) is 4.44. The molecule has 0 aliphatic rings. The van der Waals surface area contributed by atoms with E-state index >= 15 is 0 Å². The Morgan fingerprint density at radius 2 is 2.21 bits per heavy atom. The maximum atomic E-state index is 12.4. The van der Waals surface area contributed by atoms with Crippen LogP contribution >= 0.6 is 39.7 Å². The van der Waals surface area contributed by atoms with Crippen LogP contribution in [0.1, 0.15) is 24.2 Å². The molecular formula is C13H16BrClN2OS. The van der Waals surface area contributed by atoms with Crippen LogP contribution < -0.4 is 5.73 Å². The highest BCUT2D eigenvalue weighted by atomic mass is 79.9. The molecular weight excluding hydrogens is 348 g/mol. The summed E-state index contributed by atoms with van der Waals surface area (Å²) in [6, 6.07) is 5.13. The van der Waals surface area contributed by atoms with Gasteiger partial charge in [-0.15, -0.1) is 0 Å². The number of hydrogen-bond acceptors (Lipinski definition) is 2. The number of carbonyl (C=O) groups excluding carboxylic acids is 1. The second-order valence-electron chi connectivity index (χ2n) is 4.28. The predicted octanol–water partition coefficient (Wildman–Crippen LogP) is 3.49. The monoisotopic (exact) mass is 362 g/mol. The van der Waals surface area contributed by atoms with Crippen molar-refractivity contribution in [1.82, 2.24) is 4.90 Å². The lowest BCUT2D eigenvalue weighted by molar-refractivity contribution is 0.0755. The zero-order chi connectivity index (χ0) is 14.6. The van der Waals surface area contributed by atoms with Gasteiger partial charge < -0.3 is 10.6 Å². The zero-order valence-electron chi connectivity index (χ0n) is 10.8. The van der Waals surface area contributed by atoms with E-state index in [0.29, 0.717) is 33.1 Å². The van der Waals surface area contributed by atoms with Gasteiger partial charge in [0.05, 0.1) is 10.0 Å². The van der Waals surface area contributed by atoms with Gasteiger partial charge in [-0.05, 0) is 41.1 Å². The van der Waals surface area contributed by atoms with Crippen LogP contribution in [0.25, 0.3) is 0 Å². The lowest BCUT2D eigenvalue weighted by atomic mass is 10.1. The van der Waals surface area contributed by atoms with Crippen molar-refractivity contribution < 1.29 is 4.79 Å². The molecule has 0 radical (unpaired) electrons. The number of rotatable bonds is 5. The van der Waals surface area contributed by atoms with Crippen LogP contribution in [0.2, 0.25) is 5.02 Å². The number of hydrogen-bond donors (Lipinski definition) is 1. The first-order chi connectivity index (χ1) is 8.86. The van der Waals surface area contributed by atoms with Gasteiger partial charge >= 0.3 is 0 Å². The van der Waals surface area contributed by atoms with E-state index in [4.69, 9.17) is 29.6 Å². The molecule has 0 saturated carbocycles. The van der Waals surface area contributed by atoms with Gasteiger partial charge in [-0.1, -0.05) is 30.7 Å². The summed E-state index contributed by atoms with van der Waals surface area (Å²) in [6.45, 7) is 4.96. The van der Waals surface area contributed by atoms with Crippen LogP contribution in [0.5, 0.6) is 0 Å². The summed E-state index contributed by atoms with van der Waals surface area (Å²) in [5.74, 6) is -0.0578. The molecule has 1 unspecified atom stereocenters. The summed E-state index contributed by atoms with van der Waals surface area (Å²) < 4.78 is 0.707. The lowest BCUT2D eigenvalue weighted by Gasteiger charge is -2.24. The Morgan fingerprint density at radius 1 is 1.58 bits per heavy atom. The first-order valence-electron chi connectivity index (χ1n) is 5.90. The van der Waals surface area contributed by atoms with Crippen molar-refractivity contribution >= 4 is 50.6 Å². The lowest BCUT2D eigenvalue weighted by Crippen LogP contribution is -2.38. The van der Waals surface area contributed by atoms with Crippen molar-refractivity contribution in [2.45, 2.75) is 13.8 Å². The smallest absolute Gasteiger partial charge is 0.253 e. The highest BCUT2D eigenvalue weighted by molar-refractivity contribution is 9.10. The molecule has 0 heterocycles. The van der Waals surface area contributed by atoms with Crippen molar-refractivity contribution in [3.8, 4) is 0 Å². The van der Waals surface area contributed by atoms with E-state index in [9.17, 15) is 4.79 Å². The average molecular weight is 364 g/mol. The normalized spacial score (nSPS) is 12.0. The van der Waals surface area contributed by atoms with E-state index in [1.54, 1.807) is 23.1 Å². The van der Waals surface area contributed by atoms with Crippen LogP contribution in [0, 0.1) is 5.92 Å². The second-order valence-corrected chi connectivity index (χ2v) is 6.01. The molecule has 6 heteroatoms. The van der Waals surface area contributed by atoms with E-state index < -0.39 is 0 Å². The van der Waals surface area contributed by atoms with E-state index in [2.05, 4.69) is 15.9 Å². The SMILES string of the molecule is CCN(CC(C)C(N)=S)C(=O)c1ccc(Cl)c(Br)c1. The molecule has 0 bridgehead atoms. The molecule has 2 N–H and O–H groups in total. The maximum Gasteiger partial charge on any atom is 0.253 e. The third-order valence-electron chi connectivity index (χ3n) is 2.82. The summed E-state index contributed by atoms with van der Waals surface area (Å²) in [7, 11) is 0. The number of nitrogens with zero attached hydrogens (tertiary/aromatic N) is 1. The van der Waals surface area contributed by atoms with E-state index in [1.807, 2.05) is 13.8 Å². The molecule has 0 spiro atoms. The summed E-state index contributed by atoms with van der Waals surface area (Å²) in [4.78, 5) is 14.5. The number of benzene rings is 1. The molecule has 0 fully saturated rings. The Kier molecular flexibility index (Phi) is 6.23. The van der Waals surface area contributed by atoms with Crippen molar-refractivity contribution in [2.75, 3.05) is 13.1 Å². The van der Waals surface area contributed by atoms with E-state index in [0.717, 1.165) is 0 Å². The zero-order valence-corrected chi connectivity index (χ0v) is 14.0. The van der Waals surface area contributed by atoms with Gasteiger partial charge in [-0.3, -0.25) is 4.79 Å². The number of nitrogens with two attached hydrogens (primary N) is 1. The van der Waals surface area contributed by atoms with Crippen molar-refractivity contribution in [3.63, 3.8) is 0 Å². The Morgan fingerprint density at radius 3 is 2.68 bits per heavy atom. The van der Waals surface area contributed by atoms with Crippen molar-refractivity contribution in [2.24, 2.45) is 11.7 Å². The highest BCUT2D eigenvalue weighted by Gasteiger charge is 2.18. The molecule has 1 atom stereocenters. The molecule has 1 amide bonds. The van der Waals surface area contributed by atoms with Crippen molar-refractivity contribution in [1.29, 1.82) is 0 Å². The average Bonchev–Trinajstić information content (AvgIpc) is 2.37. The molecule has 19 heavy (non-hydrogen) atoms. The molecule has 104 valence electrons. The number of halogens is 2. The van der Waals surface area contributed by atoms with Crippen molar-refractivity contribution in [3.05, 3.63) is 33.3 Å². The molecule has 1 aromatic carbocycles. The molecule has 1 aromatic rings. The fraction of sp³-hybridized carbons (Fsp3) is 0.385. The van der Waals surface area contributed by atoms with Crippen LogP contribution in [-0.2, 0) is 0 Å². The minimum absolute atomic E-state index is 0.00496. The summed E-state index contributed by atoms with van der Waals surface area (Å²) in [5, 5.41) is 0.580. The van der Waals surface area contributed by atoms with E-state index in [1.165, 1.54) is 0 Å². The highest BCUT2D eigenvalue weighted by Crippen LogP contribution is 2.24. The van der Waals surface area contributed by atoms with Gasteiger partial charge in [0.15, 0.2) is 0 Å². The standard InChI is InChI=1S/C13H16BrClN2OS/c1-3-17(7-8(2)12(16)19)13(18)9-4-5-11(15)10(14)6-9/h4-6,8H,3,7H2,1-2H3,(H2,16,19). The Bertz CT molecular complexity index is 496. The van der Waals surface area contributed by atoms with Gasteiger partial charge in [-0.25, -0.2) is 0 Å². The first kappa shape index (κ1) is 16.4. The quantitative estimate of drug-likeness (QED) is 0.815. The maximum absolute atomic E-state index is 12.4. The molecule has 0 saturated heterocycles. The topological polar surface area (TPSA) is 46.3 Å². The number of carbonyl (C=O) groups is 1. The first-order valence-corrected chi connectivity index (χ1v) is 7.48. The van der Waals surface area contributed by atoms with Crippen LogP contribution in [-0.4, -0.2) is 28.9 Å². The summed E-state index contributed by atoms with van der Waals surface area (Å²) in [6.07, 6.45) is 0. The Hall–Kier alpha value is -0.650. The molecule has 3 nitrogen and oxygen atoms in total. The predicted molar refractivity (Wildman–Crippen MR) is 86.7 cm³/mol. The Balaban J connectivity index is 2.89. The minimum atomic E-state index is -0.0528. The number of thiocarbonyl (C=S) groups is 1. The largest absolute Gasteiger partial charge is 0.393 e. The van der Waals surface area contributed by atoms with Crippen LogP contribution in [0.4, 0.5) is 0 Å². The van der Waals surface area contributed by atoms with E-state index in [-0.39, 0.29) is 11.8 Å². The summed E-state index contributed by atoms with van der Waals surface area (Å²) in [5.41, 5.74) is 6.18. The molecule has 0 aromatic heterocycles. The fourth-order valence-corrected chi connectivity index (χ4v) is 2.16. The Labute approximate surface area is 132 Å². The van der Waals surface area contributed by atoms with Gasteiger partial charge in [0.1, 0.15) is 0 Å². The van der Waals surface area contributed by atoms with Crippen LogP contribution in [0.3, 0.4) is 0 Å². The van der Waals surface area contributed by atoms with Gasteiger partial charge in [0.2, 0.25) is 0 Å². The molecule has 1 rings (SSSR count). The summed E-state index contributed by atoms with van der Waals surface area (Å²) >= 11 is 14.2. The second kappa shape index (κ2) is 7.22. The minimum Gasteiger partial charge on any atom is -0.393 e. The molecule has 0 aliphatic carbocycles. The number of amides is 1. The molecule has 0 aliphatic heterocycles. The van der Waals surface area contributed by atoms with Gasteiger partial charge in [0, 0.05) is 29.0 Å². The van der Waals surface area contributed by atoms with Gasteiger partial charge in [-0.2, -0.15) is 0 Å². The van der Waals surface area contributed by atoms with Crippen LogP contribution in [0.15, 0.2) is 22.7 Å². The third-order valence-corrected chi connectivity index (χ3v) is 4.43. The fourth-order valence-electron chi connectivity index (χ4n) is 1.59. The van der Waals surface area contributed by atoms with Gasteiger partial charge in [0.25, 0.3) is 5.91 Å².